The van der Waals surface area contributed by atoms with E-state index in [0.29, 0.717) is 36.1 Å². The molecule has 1 fully saturated rings. The first-order chi connectivity index (χ1) is 11.7. The van der Waals surface area contributed by atoms with Crippen molar-refractivity contribution in [2.75, 3.05) is 19.6 Å². The van der Waals surface area contributed by atoms with Crippen LogP contribution in [0.15, 0.2) is 16.3 Å². The molecule has 2 atom stereocenters. The Morgan fingerprint density at radius 1 is 1.44 bits per heavy atom. The number of carbonyl (C=O) groups is 1. The Labute approximate surface area is 154 Å². The first kappa shape index (κ1) is 20.4. The van der Waals surface area contributed by atoms with Gasteiger partial charge in [0.05, 0.1) is 5.92 Å². The molecule has 1 aliphatic heterocycles. The van der Waals surface area contributed by atoms with Gasteiger partial charge in [-0.15, -0.1) is 11.3 Å². The van der Waals surface area contributed by atoms with Crippen molar-refractivity contribution in [3.05, 3.63) is 17.0 Å². The maximum Gasteiger partial charge on any atom is 0.252 e. The Hall–Kier alpha value is -0.960. The smallest absolute Gasteiger partial charge is 0.252 e. The fourth-order valence-electron chi connectivity index (χ4n) is 3.15. The second-order valence-corrected chi connectivity index (χ2v) is 10.6. The topological polar surface area (TPSA) is 92.5 Å². The molecule has 2 heterocycles. The van der Waals surface area contributed by atoms with Crippen LogP contribution in [0.25, 0.3) is 0 Å². The molecule has 0 radical (unpaired) electrons. The Kier molecular flexibility index (Phi) is 7.01. The van der Waals surface area contributed by atoms with Crippen LogP contribution in [0.3, 0.4) is 0 Å². The second kappa shape index (κ2) is 8.62. The second-order valence-electron chi connectivity index (χ2n) is 7.14. The van der Waals surface area contributed by atoms with Crippen LogP contribution in [-0.2, 0) is 14.8 Å². The molecule has 3 N–H and O–H groups in total. The summed E-state index contributed by atoms with van der Waals surface area (Å²) in [6.07, 6.45) is 2.23. The van der Waals surface area contributed by atoms with Crippen LogP contribution in [0.5, 0.6) is 0 Å². The average molecular weight is 388 g/mol. The molecule has 1 saturated heterocycles. The molecule has 0 saturated carbocycles. The van der Waals surface area contributed by atoms with E-state index in [1.165, 1.54) is 15.6 Å². The van der Waals surface area contributed by atoms with Crippen LogP contribution in [0, 0.1) is 18.8 Å². The van der Waals surface area contributed by atoms with Gasteiger partial charge in [0.1, 0.15) is 4.21 Å². The molecule has 1 aliphatic rings. The number of hydrogen-bond donors (Lipinski definition) is 2. The molecule has 1 amide bonds. The first-order valence-corrected chi connectivity index (χ1v) is 11.1. The van der Waals surface area contributed by atoms with Crippen molar-refractivity contribution in [1.82, 2.24) is 9.62 Å². The molecule has 0 bridgehead atoms. The van der Waals surface area contributed by atoms with Gasteiger partial charge in [0, 0.05) is 30.6 Å². The van der Waals surface area contributed by atoms with Crippen molar-refractivity contribution < 1.29 is 13.2 Å². The minimum atomic E-state index is -3.51. The molecule has 25 heavy (non-hydrogen) atoms. The van der Waals surface area contributed by atoms with Crippen LogP contribution in [0.4, 0.5) is 0 Å². The molecule has 6 nitrogen and oxygen atoms in total. The molecule has 1 aromatic rings. The quantitative estimate of drug-likeness (QED) is 0.748. The highest BCUT2D eigenvalue weighted by atomic mass is 32.2. The third kappa shape index (κ3) is 5.26. The van der Waals surface area contributed by atoms with E-state index in [0.717, 1.165) is 11.3 Å². The summed E-state index contributed by atoms with van der Waals surface area (Å²) in [7, 11) is -3.51. The molecule has 0 spiro atoms. The van der Waals surface area contributed by atoms with Gasteiger partial charge in [-0.2, -0.15) is 4.31 Å². The number of nitrogens with zero attached hydrogens (tertiary/aromatic N) is 1. The summed E-state index contributed by atoms with van der Waals surface area (Å²) in [5.41, 5.74) is 5.75. The lowest BCUT2D eigenvalue weighted by molar-refractivity contribution is -0.126. The third-order valence-corrected chi connectivity index (χ3v) is 7.78. The van der Waals surface area contributed by atoms with E-state index in [9.17, 15) is 13.2 Å². The van der Waals surface area contributed by atoms with E-state index < -0.39 is 10.0 Å². The molecule has 2 unspecified atom stereocenters. The number of nitrogens with two attached hydrogens (primary N) is 1. The number of rotatable bonds is 7. The normalized spacial score (nSPS) is 20.6. The Bertz CT molecular complexity index is 685. The summed E-state index contributed by atoms with van der Waals surface area (Å²) in [6, 6.07) is 3.40. The van der Waals surface area contributed by atoms with Crippen molar-refractivity contribution in [1.29, 1.82) is 0 Å². The van der Waals surface area contributed by atoms with Crippen molar-refractivity contribution in [2.45, 2.75) is 50.3 Å². The third-order valence-electron chi connectivity index (χ3n) is 4.45. The first-order valence-electron chi connectivity index (χ1n) is 8.81. The van der Waals surface area contributed by atoms with Crippen LogP contribution < -0.4 is 11.1 Å². The van der Waals surface area contributed by atoms with Crippen molar-refractivity contribution in [2.24, 2.45) is 17.6 Å². The highest BCUT2D eigenvalue weighted by Crippen LogP contribution is 2.28. The fraction of sp³-hybridized carbons (Fsp3) is 0.706. The van der Waals surface area contributed by atoms with Gasteiger partial charge < -0.3 is 11.1 Å². The van der Waals surface area contributed by atoms with Crippen molar-refractivity contribution in [3.8, 4) is 0 Å². The zero-order valence-corrected chi connectivity index (χ0v) is 16.8. The molecule has 0 aliphatic carbocycles. The molecule has 1 aromatic heterocycles. The van der Waals surface area contributed by atoms with E-state index in [1.54, 1.807) is 6.07 Å². The van der Waals surface area contributed by atoms with Gasteiger partial charge in [0.25, 0.3) is 10.0 Å². The molecular weight excluding hydrogens is 358 g/mol. The fourth-order valence-corrected chi connectivity index (χ4v) is 6.12. The maximum atomic E-state index is 12.8. The zero-order valence-electron chi connectivity index (χ0n) is 15.2. The number of hydrogen-bond acceptors (Lipinski definition) is 5. The van der Waals surface area contributed by atoms with E-state index in [4.69, 9.17) is 5.73 Å². The number of sulfonamides is 1. The van der Waals surface area contributed by atoms with Crippen molar-refractivity contribution >= 4 is 27.3 Å². The van der Waals surface area contributed by atoms with Gasteiger partial charge in [-0.25, -0.2) is 8.42 Å². The predicted molar refractivity (Wildman–Crippen MR) is 101 cm³/mol. The standard InChI is InChI=1S/C17H29N3O3S2/c1-12(2)9-15(10-18)19-17(21)14-5-4-8-20(11-14)25(22,23)16-7-6-13(3)24-16/h6-7,12,14-15H,4-5,8-11,18H2,1-3H3,(H,19,21). The summed E-state index contributed by atoms with van der Waals surface area (Å²) in [5.74, 6) is 0.0447. The number of nitrogens with one attached hydrogen (secondary N) is 1. The molecule has 0 aromatic carbocycles. The molecule has 142 valence electrons. The molecular formula is C17H29N3O3S2. The Balaban J connectivity index is 2.03. The van der Waals surface area contributed by atoms with Crippen LogP contribution in [0.1, 0.15) is 38.0 Å². The highest BCUT2D eigenvalue weighted by molar-refractivity contribution is 7.91. The Morgan fingerprint density at radius 3 is 2.72 bits per heavy atom. The molecule has 2 rings (SSSR count). The van der Waals surface area contributed by atoms with Gasteiger partial charge >= 0.3 is 0 Å². The summed E-state index contributed by atoms with van der Waals surface area (Å²) in [6.45, 7) is 7.17. The van der Waals surface area contributed by atoms with E-state index in [2.05, 4.69) is 19.2 Å². The summed E-state index contributed by atoms with van der Waals surface area (Å²) >= 11 is 1.27. The van der Waals surface area contributed by atoms with Crippen LogP contribution >= 0.6 is 11.3 Å². The number of aryl methyl sites for hydroxylation is 1. The maximum absolute atomic E-state index is 12.8. The van der Waals surface area contributed by atoms with Gasteiger partial charge in [-0.3, -0.25) is 4.79 Å². The lowest BCUT2D eigenvalue weighted by Crippen LogP contribution is -2.49. The van der Waals surface area contributed by atoms with Crippen LogP contribution in [0.2, 0.25) is 0 Å². The van der Waals surface area contributed by atoms with Gasteiger partial charge in [0.15, 0.2) is 0 Å². The summed E-state index contributed by atoms with van der Waals surface area (Å²) < 4.78 is 27.4. The van der Waals surface area contributed by atoms with Gasteiger partial charge in [-0.1, -0.05) is 13.8 Å². The van der Waals surface area contributed by atoms with E-state index >= 15 is 0 Å². The Morgan fingerprint density at radius 2 is 2.16 bits per heavy atom. The minimum absolute atomic E-state index is 0.0561. The van der Waals surface area contributed by atoms with Gasteiger partial charge in [0.2, 0.25) is 5.91 Å². The van der Waals surface area contributed by atoms with E-state index in [1.807, 2.05) is 13.0 Å². The number of piperidine rings is 1. The lowest BCUT2D eigenvalue weighted by Gasteiger charge is -2.32. The SMILES string of the molecule is Cc1ccc(S(=O)(=O)N2CCCC(C(=O)NC(CN)CC(C)C)C2)s1. The summed E-state index contributed by atoms with van der Waals surface area (Å²) in [4.78, 5) is 13.5. The zero-order chi connectivity index (χ0) is 18.6. The minimum Gasteiger partial charge on any atom is -0.352 e. The average Bonchev–Trinajstić information content (AvgIpc) is 3.01. The lowest BCUT2D eigenvalue weighted by atomic mass is 9.97. The summed E-state index contributed by atoms with van der Waals surface area (Å²) in [5, 5.41) is 3.00. The number of carbonyl (C=O) groups excluding carboxylic acids is 1. The predicted octanol–water partition coefficient (Wildman–Crippen LogP) is 1.95. The number of amides is 1. The highest BCUT2D eigenvalue weighted by Gasteiger charge is 2.34. The monoisotopic (exact) mass is 387 g/mol. The van der Waals surface area contributed by atoms with Crippen molar-refractivity contribution in [3.63, 3.8) is 0 Å². The number of thiophene rings is 1. The van der Waals surface area contributed by atoms with E-state index in [-0.39, 0.29) is 24.4 Å². The van der Waals surface area contributed by atoms with Gasteiger partial charge in [-0.05, 0) is 44.2 Å². The largest absolute Gasteiger partial charge is 0.352 e. The molecule has 8 heteroatoms. The van der Waals surface area contributed by atoms with Crippen LogP contribution in [-0.4, -0.2) is 44.3 Å².